The zero-order chi connectivity index (χ0) is 11.3. The summed E-state index contributed by atoms with van der Waals surface area (Å²) in [4.78, 5) is 23.0. The fraction of sp³-hybridized carbons (Fsp3) is 0.800. The maximum Gasteiger partial charge on any atom is 0.331 e. The Balaban J connectivity index is 0.00000225. The van der Waals surface area contributed by atoms with E-state index in [9.17, 15) is 9.59 Å². The number of carbonyl (C=O) groups excluding carboxylic acids is 2. The fourth-order valence-electron chi connectivity index (χ4n) is 2.01. The lowest BCUT2D eigenvalue weighted by Crippen LogP contribution is -2.53. The van der Waals surface area contributed by atoms with Crippen LogP contribution in [0, 0.1) is 0 Å². The SMILES string of the molecule is COC(=O)C1(NC(=O)CCN)CCCC1.Cl. The first-order valence-electron chi connectivity index (χ1n) is 5.24. The highest BCUT2D eigenvalue weighted by Crippen LogP contribution is 2.30. The highest BCUT2D eigenvalue weighted by molar-refractivity contribution is 5.88. The van der Waals surface area contributed by atoms with Gasteiger partial charge in [0, 0.05) is 13.0 Å². The second-order valence-corrected chi connectivity index (χ2v) is 3.87. The lowest BCUT2D eigenvalue weighted by atomic mass is 9.97. The van der Waals surface area contributed by atoms with E-state index in [1.165, 1.54) is 7.11 Å². The number of methoxy groups -OCH3 is 1. The monoisotopic (exact) mass is 250 g/mol. The van der Waals surface area contributed by atoms with Crippen molar-refractivity contribution in [3.8, 4) is 0 Å². The number of hydrogen-bond donors (Lipinski definition) is 2. The maximum atomic E-state index is 11.6. The molecule has 1 rings (SSSR count). The standard InChI is InChI=1S/C10H18N2O3.ClH/c1-15-9(14)10(5-2-3-6-10)12-8(13)4-7-11;/h2-7,11H2,1H3,(H,12,13);1H. The van der Waals surface area contributed by atoms with Crippen LogP contribution < -0.4 is 11.1 Å². The summed E-state index contributed by atoms with van der Waals surface area (Å²) in [6, 6.07) is 0. The molecular formula is C10H19ClN2O3. The predicted octanol–water partition coefficient (Wildman–Crippen LogP) is 0.359. The molecule has 0 unspecified atom stereocenters. The smallest absolute Gasteiger partial charge is 0.331 e. The number of ether oxygens (including phenoxy) is 1. The van der Waals surface area contributed by atoms with Crippen molar-refractivity contribution in [1.29, 1.82) is 0 Å². The molecule has 0 aliphatic heterocycles. The summed E-state index contributed by atoms with van der Waals surface area (Å²) < 4.78 is 4.73. The molecule has 1 fully saturated rings. The molecule has 3 N–H and O–H groups in total. The Labute approximate surface area is 101 Å². The number of carbonyl (C=O) groups is 2. The van der Waals surface area contributed by atoms with E-state index in [0.29, 0.717) is 19.4 Å². The predicted molar refractivity (Wildman–Crippen MR) is 62.3 cm³/mol. The van der Waals surface area contributed by atoms with E-state index in [-0.39, 0.29) is 30.7 Å². The van der Waals surface area contributed by atoms with Crippen molar-refractivity contribution < 1.29 is 14.3 Å². The first kappa shape index (κ1) is 15.2. The number of hydrogen-bond acceptors (Lipinski definition) is 4. The number of halogens is 1. The molecule has 5 nitrogen and oxygen atoms in total. The molecule has 1 amide bonds. The summed E-state index contributed by atoms with van der Waals surface area (Å²) >= 11 is 0. The Morgan fingerprint density at radius 2 is 1.94 bits per heavy atom. The van der Waals surface area contributed by atoms with Crippen molar-refractivity contribution >= 4 is 24.3 Å². The van der Waals surface area contributed by atoms with E-state index < -0.39 is 5.54 Å². The third-order valence-electron chi connectivity index (χ3n) is 2.78. The maximum absolute atomic E-state index is 11.6. The van der Waals surface area contributed by atoms with Gasteiger partial charge in [0.2, 0.25) is 5.91 Å². The van der Waals surface area contributed by atoms with Crippen molar-refractivity contribution in [2.75, 3.05) is 13.7 Å². The second-order valence-electron chi connectivity index (χ2n) is 3.87. The molecule has 0 heterocycles. The van der Waals surface area contributed by atoms with Crippen LogP contribution in [0.4, 0.5) is 0 Å². The molecule has 16 heavy (non-hydrogen) atoms. The average Bonchev–Trinajstić information content (AvgIpc) is 2.66. The van der Waals surface area contributed by atoms with Crippen molar-refractivity contribution in [3.63, 3.8) is 0 Å². The Kier molecular flexibility index (Phi) is 6.36. The molecular weight excluding hydrogens is 232 g/mol. The highest BCUT2D eigenvalue weighted by Gasteiger charge is 2.43. The normalized spacial score (nSPS) is 17.4. The van der Waals surface area contributed by atoms with Crippen LogP contribution in [0.5, 0.6) is 0 Å². The fourth-order valence-corrected chi connectivity index (χ4v) is 2.01. The minimum Gasteiger partial charge on any atom is -0.467 e. The summed E-state index contributed by atoms with van der Waals surface area (Å²) in [6.07, 6.45) is 3.46. The molecule has 1 aliphatic rings. The number of amides is 1. The van der Waals surface area contributed by atoms with Gasteiger partial charge in [-0.15, -0.1) is 12.4 Å². The summed E-state index contributed by atoms with van der Waals surface area (Å²) in [6.45, 7) is 0.295. The Morgan fingerprint density at radius 3 is 2.38 bits per heavy atom. The Bertz CT molecular complexity index is 252. The topological polar surface area (TPSA) is 81.4 Å². The van der Waals surface area contributed by atoms with Gasteiger partial charge in [0.15, 0.2) is 0 Å². The van der Waals surface area contributed by atoms with Crippen LogP contribution in [0.25, 0.3) is 0 Å². The first-order valence-corrected chi connectivity index (χ1v) is 5.24. The van der Waals surface area contributed by atoms with Gasteiger partial charge in [0.05, 0.1) is 7.11 Å². The second kappa shape index (κ2) is 6.70. The average molecular weight is 251 g/mol. The van der Waals surface area contributed by atoms with Gasteiger partial charge in [-0.25, -0.2) is 4.79 Å². The minimum absolute atomic E-state index is 0. The van der Waals surface area contributed by atoms with Gasteiger partial charge >= 0.3 is 5.97 Å². The van der Waals surface area contributed by atoms with E-state index in [1.54, 1.807) is 0 Å². The third kappa shape index (κ3) is 3.35. The van der Waals surface area contributed by atoms with E-state index in [0.717, 1.165) is 12.8 Å². The van der Waals surface area contributed by atoms with Crippen LogP contribution in [-0.2, 0) is 14.3 Å². The van der Waals surface area contributed by atoms with E-state index in [4.69, 9.17) is 10.5 Å². The zero-order valence-electron chi connectivity index (χ0n) is 9.45. The summed E-state index contributed by atoms with van der Waals surface area (Å²) in [5, 5.41) is 2.75. The van der Waals surface area contributed by atoms with Crippen LogP contribution in [-0.4, -0.2) is 31.1 Å². The van der Waals surface area contributed by atoms with Crippen LogP contribution in [0.3, 0.4) is 0 Å². The highest BCUT2D eigenvalue weighted by atomic mass is 35.5. The number of nitrogens with one attached hydrogen (secondary N) is 1. The van der Waals surface area contributed by atoms with Gasteiger partial charge in [0.25, 0.3) is 0 Å². The Morgan fingerprint density at radius 1 is 1.38 bits per heavy atom. The van der Waals surface area contributed by atoms with E-state index in [1.807, 2.05) is 0 Å². The van der Waals surface area contributed by atoms with Gasteiger partial charge in [-0.05, 0) is 12.8 Å². The molecule has 0 spiro atoms. The number of nitrogens with two attached hydrogens (primary N) is 1. The largest absolute Gasteiger partial charge is 0.467 e. The van der Waals surface area contributed by atoms with Gasteiger partial charge in [-0.1, -0.05) is 12.8 Å². The first-order chi connectivity index (χ1) is 7.14. The molecule has 94 valence electrons. The summed E-state index contributed by atoms with van der Waals surface area (Å²) in [5.74, 6) is -0.518. The van der Waals surface area contributed by atoms with Gasteiger partial charge in [-0.2, -0.15) is 0 Å². The van der Waals surface area contributed by atoms with Crippen molar-refractivity contribution in [1.82, 2.24) is 5.32 Å². The molecule has 0 aromatic rings. The van der Waals surface area contributed by atoms with Crippen LogP contribution in [0.2, 0.25) is 0 Å². The molecule has 0 bridgehead atoms. The van der Waals surface area contributed by atoms with Crippen LogP contribution >= 0.6 is 12.4 Å². The minimum atomic E-state index is -0.791. The van der Waals surface area contributed by atoms with Crippen LogP contribution in [0.1, 0.15) is 32.1 Å². The molecule has 0 radical (unpaired) electrons. The van der Waals surface area contributed by atoms with Crippen molar-refractivity contribution in [3.05, 3.63) is 0 Å². The lowest BCUT2D eigenvalue weighted by molar-refractivity contribution is -0.150. The molecule has 1 aliphatic carbocycles. The van der Waals surface area contributed by atoms with Crippen LogP contribution in [0.15, 0.2) is 0 Å². The molecule has 0 aromatic carbocycles. The van der Waals surface area contributed by atoms with E-state index in [2.05, 4.69) is 5.32 Å². The quantitative estimate of drug-likeness (QED) is 0.706. The molecule has 6 heteroatoms. The molecule has 0 aromatic heterocycles. The number of rotatable bonds is 4. The van der Waals surface area contributed by atoms with Crippen molar-refractivity contribution in [2.24, 2.45) is 5.73 Å². The molecule has 0 saturated heterocycles. The van der Waals surface area contributed by atoms with Gasteiger partial charge in [-0.3, -0.25) is 4.79 Å². The number of esters is 1. The third-order valence-corrected chi connectivity index (χ3v) is 2.78. The van der Waals surface area contributed by atoms with Crippen molar-refractivity contribution in [2.45, 2.75) is 37.6 Å². The zero-order valence-corrected chi connectivity index (χ0v) is 10.3. The summed E-state index contributed by atoms with van der Waals surface area (Å²) in [7, 11) is 1.34. The van der Waals surface area contributed by atoms with Gasteiger partial charge < -0.3 is 15.8 Å². The molecule has 0 atom stereocenters. The molecule has 1 saturated carbocycles. The van der Waals surface area contributed by atoms with E-state index >= 15 is 0 Å². The Hall–Kier alpha value is -0.810. The summed E-state index contributed by atoms with van der Waals surface area (Å²) in [5.41, 5.74) is 4.49. The van der Waals surface area contributed by atoms with Gasteiger partial charge in [0.1, 0.15) is 5.54 Å². The lowest BCUT2D eigenvalue weighted by Gasteiger charge is -2.27.